The van der Waals surface area contributed by atoms with Gasteiger partial charge in [-0.3, -0.25) is 0 Å². The molecule has 0 saturated heterocycles. The van der Waals surface area contributed by atoms with Gasteiger partial charge < -0.3 is 14.8 Å². The molecule has 112 valence electrons. The smallest absolute Gasteiger partial charge is 0.231 e. The summed E-state index contributed by atoms with van der Waals surface area (Å²) in [6.45, 7) is 4.04. The van der Waals surface area contributed by atoms with E-state index in [1.807, 2.05) is 13.0 Å². The monoisotopic (exact) mass is 300 g/mol. The normalized spacial score (nSPS) is 13.7. The van der Waals surface area contributed by atoms with E-state index in [4.69, 9.17) is 9.47 Å². The molecule has 0 amide bonds. The number of hydrogen-bond acceptors (Lipinski definition) is 5. The van der Waals surface area contributed by atoms with Gasteiger partial charge in [-0.2, -0.15) is 0 Å². The van der Waals surface area contributed by atoms with Crippen molar-refractivity contribution in [2.45, 2.75) is 19.9 Å². The summed E-state index contributed by atoms with van der Waals surface area (Å²) >= 11 is 0. The van der Waals surface area contributed by atoms with Gasteiger partial charge in [0, 0.05) is 6.54 Å². The fourth-order valence-electron chi connectivity index (χ4n) is 1.88. The maximum Gasteiger partial charge on any atom is 0.231 e. The van der Waals surface area contributed by atoms with Gasteiger partial charge in [-0.15, -0.1) is 0 Å². The van der Waals surface area contributed by atoms with Gasteiger partial charge in [0.1, 0.15) is 0 Å². The fourth-order valence-corrected chi connectivity index (χ4v) is 2.94. The van der Waals surface area contributed by atoms with Crippen LogP contribution in [0.5, 0.6) is 11.5 Å². The molecule has 0 atom stereocenters. The highest BCUT2D eigenvalue weighted by Gasteiger charge is 2.14. The van der Waals surface area contributed by atoms with Gasteiger partial charge in [-0.1, -0.05) is 13.0 Å². The number of ether oxygens (including phenoxy) is 2. The number of nitrogens with one attached hydrogen (secondary N) is 2. The molecule has 0 unspecified atom stereocenters. The summed E-state index contributed by atoms with van der Waals surface area (Å²) in [6.07, 6.45) is 0.602. The Hall–Kier alpha value is -1.31. The van der Waals surface area contributed by atoms with E-state index in [1.165, 1.54) is 0 Å². The van der Waals surface area contributed by atoms with Crippen LogP contribution >= 0.6 is 0 Å². The van der Waals surface area contributed by atoms with Crippen LogP contribution in [0, 0.1) is 0 Å². The molecule has 1 aliphatic heterocycles. The third kappa shape index (κ3) is 4.36. The zero-order chi connectivity index (χ0) is 14.4. The van der Waals surface area contributed by atoms with E-state index in [-0.39, 0.29) is 19.1 Å². The van der Waals surface area contributed by atoms with Crippen molar-refractivity contribution in [3.63, 3.8) is 0 Å². The summed E-state index contributed by atoms with van der Waals surface area (Å²) in [4.78, 5) is 0. The van der Waals surface area contributed by atoms with Crippen molar-refractivity contribution in [1.82, 2.24) is 10.0 Å². The highest BCUT2D eigenvalue weighted by Crippen LogP contribution is 2.32. The van der Waals surface area contributed by atoms with Crippen LogP contribution in [0.3, 0.4) is 0 Å². The number of sulfonamides is 1. The maximum absolute atomic E-state index is 11.8. The van der Waals surface area contributed by atoms with Crippen molar-refractivity contribution in [2.24, 2.45) is 0 Å². The molecular weight excluding hydrogens is 280 g/mol. The minimum Gasteiger partial charge on any atom is -0.454 e. The summed E-state index contributed by atoms with van der Waals surface area (Å²) in [5, 5.41) is 3.10. The Bertz CT molecular complexity index is 545. The van der Waals surface area contributed by atoms with Gasteiger partial charge in [0.05, 0.1) is 5.75 Å². The molecule has 1 aromatic carbocycles. The lowest BCUT2D eigenvalue weighted by atomic mass is 10.2. The number of benzene rings is 1. The first kappa shape index (κ1) is 15.1. The molecule has 2 N–H and O–H groups in total. The molecule has 1 heterocycles. The van der Waals surface area contributed by atoms with Crippen LogP contribution < -0.4 is 19.5 Å². The number of fused-ring (bicyclic) bond motifs is 1. The second-order valence-corrected chi connectivity index (χ2v) is 6.46. The molecule has 7 heteroatoms. The fraction of sp³-hybridized carbons (Fsp3) is 0.538. The molecule has 0 spiro atoms. The molecule has 0 fully saturated rings. The second kappa shape index (κ2) is 6.92. The molecular formula is C13H20N2O4S. The van der Waals surface area contributed by atoms with Gasteiger partial charge in [-0.25, -0.2) is 13.1 Å². The molecule has 0 radical (unpaired) electrons. The largest absolute Gasteiger partial charge is 0.454 e. The standard InChI is InChI=1S/C13H20N2O4S/c1-2-14-6-3-7-20(16,17)15-9-11-4-5-12-13(8-11)19-10-18-12/h4-5,8,14-15H,2-3,6-7,9-10H2,1H3. The van der Waals surface area contributed by atoms with Crippen LogP contribution in [0.15, 0.2) is 18.2 Å². The Kier molecular flexibility index (Phi) is 5.22. The van der Waals surface area contributed by atoms with Crippen LogP contribution in [0.1, 0.15) is 18.9 Å². The minimum atomic E-state index is -3.24. The zero-order valence-corrected chi connectivity index (χ0v) is 12.3. The average molecular weight is 300 g/mol. The van der Waals surface area contributed by atoms with Crippen LogP contribution in [-0.2, 0) is 16.6 Å². The van der Waals surface area contributed by atoms with Crippen LogP contribution in [0.4, 0.5) is 0 Å². The Morgan fingerprint density at radius 2 is 2.05 bits per heavy atom. The predicted octanol–water partition coefficient (Wildman–Crippen LogP) is 0.834. The molecule has 1 aromatic rings. The van der Waals surface area contributed by atoms with E-state index in [0.29, 0.717) is 24.5 Å². The molecule has 6 nitrogen and oxygen atoms in total. The first-order chi connectivity index (χ1) is 9.61. The number of hydrogen-bond donors (Lipinski definition) is 2. The van der Waals surface area contributed by atoms with E-state index >= 15 is 0 Å². The highest BCUT2D eigenvalue weighted by atomic mass is 32.2. The predicted molar refractivity (Wildman–Crippen MR) is 76.4 cm³/mol. The van der Waals surface area contributed by atoms with Crippen LogP contribution in [0.2, 0.25) is 0 Å². The summed E-state index contributed by atoms with van der Waals surface area (Å²) in [6, 6.07) is 5.41. The average Bonchev–Trinajstić information content (AvgIpc) is 2.89. The van der Waals surface area contributed by atoms with Crippen molar-refractivity contribution < 1.29 is 17.9 Å². The lowest BCUT2D eigenvalue weighted by Crippen LogP contribution is -2.28. The van der Waals surface area contributed by atoms with Crippen LogP contribution in [-0.4, -0.2) is 34.1 Å². The lowest BCUT2D eigenvalue weighted by Gasteiger charge is -2.07. The van der Waals surface area contributed by atoms with Gasteiger partial charge in [-0.05, 0) is 37.2 Å². The first-order valence-corrected chi connectivity index (χ1v) is 8.32. The van der Waals surface area contributed by atoms with Crippen molar-refractivity contribution in [3.8, 4) is 11.5 Å². The molecule has 1 aliphatic rings. The Labute approximate surface area is 119 Å². The van der Waals surface area contributed by atoms with Gasteiger partial charge in [0.25, 0.3) is 0 Å². The summed E-state index contributed by atoms with van der Waals surface area (Å²) in [5.74, 6) is 1.49. The minimum absolute atomic E-state index is 0.130. The maximum atomic E-state index is 11.8. The molecule has 2 rings (SSSR count). The zero-order valence-electron chi connectivity index (χ0n) is 11.5. The topological polar surface area (TPSA) is 76.7 Å². The van der Waals surface area contributed by atoms with E-state index < -0.39 is 10.0 Å². The first-order valence-electron chi connectivity index (χ1n) is 6.67. The summed E-state index contributed by atoms with van der Waals surface area (Å²) in [5.41, 5.74) is 0.851. The molecule has 20 heavy (non-hydrogen) atoms. The molecule has 0 aromatic heterocycles. The van der Waals surface area contributed by atoms with Gasteiger partial charge in [0.15, 0.2) is 11.5 Å². The quantitative estimate of drug-likeness (QED) is 0.696. The van der Waals surface area contributed by atoms with E-state index in [1.54, 1.807) is 12.1 Å². The van der Waals surface area contributed by atoms with E-state index in [0.717, 1.165) is 12.1 Å². The lowest BCUT2D eigenvalue weighted by molar-refractivity contribution is 0.174. The summed E-state index contributed by atoms with van der Waals surface area (Å²) < 4.78 is 36.7. The molecule has 0 bridgehead atoms. The Morgan fingerprint density at radius 1 is 1.25 bits per heavy atom. The third-order valence-corrected chi connectivity index (χ3v) is 4.36. The SMILES string of the molecule is CCNCCCS(=O)(=O)NCc1ccc2c(c1)OCO2. The van der Waals surface area contributed by atoms with Gasteiger partial charge >= 0.3 is 0 Å². The van der Waals surface area contributed by atoms with E-state index in [9.17, 15) is 8.42 Å². The summed E-state index contributed by atoms with van der Waals surface area (Å²) in [7, 11) is -3.24. The van der Waals surface area contributed by atoms with E-state index in [2.05, 4.69) is 10.0 Å². The Morgan fingerprint density at radius 3 is 2.85 bits per heavy atom. The van der Waals surface area contributed by atoms with Crippen molar-refractivity contribution >= 4 is 10.0 Å². The number of rotatable bonds is 8. The molecule has 0 aliphatic carbocycles. The third-order valence-electron chi connectivity index (χ3n) is 2.95. The second-order valence-electron chi connectivity index (χ2n) is 4.53. The Balaban J connectivity index is 1.82. The van der Waals surface area contributed by atoms with Crippen molar-refractivity contribution in [3.05, 3.63) is 23.8 Å². The van der Waals surface area contributed by atoms with Gasteiger partial charge in [0.2, 0.25) is 16.8 Å². The molecule has 0 saturated carbocycles. The van der Waals surface area contributed by atoms with Crippen LogP contribution in [0.25, 0.3) is 0 Å². The van der Waals surface area contributed by atoms with Crippen molar-refractivity contribution in [2.75, 3.05) is 25.6 Å². The highest BCUT2D eigenvalue weighted by molar-refractivity contribution is 7.89. The van der Waals surface area contributed by atoms with Crippen molar-refractivity contribution in [1.29, 1.82) is 0 Å².